The summed E-state index contributed by atoms with van der Waals surface area (Å²) in [6.45, 7) is 7.94. The summed E-state index contributed by atoms with van der Waals surface area (Å²) in [4.78, 5) is 15.0. The van der Waals surface area contributed by atoms with Gasteiger partial charge in [0.1, 0.15) is 5.60 Å². The summed E-state index contributed by atoms with van der Waals surface area (Å²) in [6, 6.07) is 20.8. The first-order chi connectivity index (χ1) is 12.9. The van der Waals surface area contributed by atoms with Gasteiger partial charge in [0.25, 0.3) is 0 Å². The minimum atomic E-state index is -0.507. The lowest BCUT2D eigenvalue weighted by Crippen LogP contribution is -2.65. The molecule has 0 bridgehead atoms. The molecule has 1 fully saturated rings. The predicted octanol–water partition coefficient (Wildman–Crippen LogP) is 4.05. The summed E-state index contributed by atoms with van der Waals surface area (Å²) in [5.41, 5.74) is 1.59. The van der Waals surface area contributed by atoms with E-state index in [0.29, 0.717) is 6.54 Å². The average molecular weight is 367 g/mol. The Balaban J connectivity index is 1.95. The van der Waals surface area contributed by atoms with Gasteiger partial charge in [0.2, 0.25) is 0 Å². The van der Waals surface area contributed by atoms with Crippen molar-refractivity contribution in [1.82, 2.24) is 10.2 Å². The lowest BCUT2D eigenvalue weighted by atomic mass is 9.81. The lowest BCUT2D eigenvalue weighted by Gasteiger charge is -2.48. The molecular weight excluding hydrogens is 336 g/mol. The summed E-state index contributed by atoms with van der Waals surface area (Å²) in [7, 11) is 0. The van der Waals surface area contributed by atoms with Crippen LogP contribution in [0.4, 0.5) is 4.79 Å². The molecule has 0 saturated carbocycles. The minimum Gasteiger partial charge on any atom is -0.444 e. The Morgan fingerprint density at radius 3 is 2.00 bits per heavy atom. The van der Waals surface area contributed by atoms with E-state index < -0.39 is 5.60 Å². The molecular formula is C23H30N2O2. The fourth-order valence-electron chi connectivity index (χ4n) is 3.78. The van der Waals surface area contributed by atoms with Crippen molar-refractivity contribution in [2.75, 3.05) is 19.6 Å². The van der Waals surface area contributed by atoms with Gasteiger partial charge >= 0.3 is 6.09 Å². The van der Waals surface area contributed by atoms with Gasteiger partial charge in [-0.25, -0.2) is 4.79 Å². The Morgan fingerprint density at radius 1 is 1.00 bits per heavy atom. The first-order valence-electron chi connectivity index (χ1n) is 9.67. The quantitative estimate of drug-likeness (QED) is 0.887. The first-order valence-corrected chi connectivity index (χ1v) is 9.67. The SMILES string of the molecule is CC(C)(C)OC(=O)N1CCNCC1(Cc1ccccc1)Cc1ccccc1. The third-order valence-electron chi connectivity index (χ3n) is 4.90. The fraction of sp³-hybridized carbons (Fsp3) is 0.435. The van der Waals surface area contributed by atoms with Gasteiger partial charge < -0.3 is 10.1 Å². The third kappa shape index (κ3) is 5.10. The number of carbonyl (C=O) groups excluding carboxylic acids is 1. The van der Waals surface area contributed by atoms with Gasteiger partial charge in [0.05, 0.1) is 5.54 Å². The first kappa shape index (κ1) is 19.4. The van der Waals surface area contributed by atoms with E-state index in [2.05, 4.69) is 53.8 Å². The molecule has 4 nitrogen and oxygen atoms in total. The van der Waals surface area contributed by atoms with E-state index >= 15 is 0 Å². The molecule has 0 radical (unpaired) electrons. The van der Waals surface area contributed by atoms with E-state index in [1.165, 1.54) is 11.1 Å². The van der Waals surface area contributed by atoms with Gasteiger partial charge in [-0.3, -0.25) is 4.90 Å². The van der Waals surface area contributed by atoms with Crippen LogP contribution in [0.15, 0.2) is 60.7 Å². The van der Waals surface area contributed by atoms with Crippen LogP contribution in [0.5, 0.6) is 0 Å². The molecule has 0 unspecified atom stereocenters. The zero-order chi connectivity index (χ0) is 19.3. The van der Waals surface area contributed by atoms with Crippen molar-refractivity contribution in [1.29, 1.82) is 0 Å². The van der Waals surface area contributed by atoms with Crippen LogP contribution in [0.2, 0.25) is 0 Å². The van der Waals surface area contributed by atoms with Gasteiger partial charge in [0, 0.05) is 19.6 Å². The highest BCUT2D eigenvalue weighted by Gasteiger charge is 2.43. The Morgan fingerprint density at radius 2 is 1.52 bits per heavy atom. The highest BCUT2D eigenvalue weighted by Crippen LogP contribution is 2.29. The van der Waals surface area contributed by atoms with Crippen LogP contribution in [0.1, 0.15) is 31.9 Å². The Bertz CT molecular complexity index is 696. The van der Waals surface area contributed by atoms with Crippen LogP contribution in [0.3, 0.4) is 0 Å². The van der Waals surface area contributed by atoms with E-state index in [9.17, 15) is 4.79 Å². The van der Waals surface area contributed by atoms with E-state index in [4.69, 9.17) is 4.74 Å². The van der Waals surface area contributed by atoms with Crippen molar-refractivity contribution in [2.45, 2.75) is 44.8 Å². The number of piperazine rings is 1. The van der Waals surface area contributed by atoms with E-state index in [0.717, 1.165) is 25.9 Å². The van der Waals surface area contributed by atoms with Crippen LogP contribution in [0.25, 0.3) is 0 Å². The smallest absolute Gasteiger partial charge is 0.410 e. The molecule has 1 aliphatic rings. The summed E-state index contributed by atoms with van der Waals surface area (Å²) >= 11 is 0. The Hall–Kier alpha value is -2.33. The molecule has 1 saturated heterocycles. The maximum Gasteiger partial charge on any atom is 0.410 e. The Kier molecular flexibility index (Phi) is 5.85. The summed E-state index contributed by atoms with van der Waals surface area (Å²) in [6.07, 6.45) is 1.35. The third-order valence-corrected chi connectivity index (χ3v) is 4.90. The number of ether oxygens (including phenoxy) is 1. The molecule has 0 aromatic heterocycles. The van der Waals surface area contributed by atoms with Gasteiger partial charge in [-0.05, 0) is 44.7 Å². The van der Waals surface area contributed by atoms with E-state index in [1.807, 2.05) is 37.8 Å². The maximum atomic E-state index is 13.1. The fourth-order valence-corrected chi connectivity index (χ4v) is 3.78. The highest BCUT2D eigenvalue weighted by molar-refractivity contribution is 5.70. The molecule has 1 amide bonds. The van der Waals surface area contributed by atoms with E-state index in [-0.39, 0.29) is 11.6 Å². The van der Waals surface area contributed by atoms with Crippen molar-refractivity contribution < 1.29 is 9.53 Å². The van der Waals surface area contributed by atoms with Crippen molar-refractivity contribution in [3.8, 4) is 0 Å². The molecule has 144 valence electrons. The molecule has 0 spiro atoms. The monoisotopic (exact) mass is 366 g/mol. The highest BCUT2D eigenvalue weighted by atomic mass is 16.6. The molecule has 27 heavy (non-hydrogen) atoms. The number of rotatable bonds is 4. The van der Waals surface area contributed by atoms with Gasteiger partial charge in [-0.1, -0.05) is 60.7 Å². The lowest BCUT2D eigenvalue weighted by molar-refractivity contribution is -0.0114. The molecule has 2 aromatic carbocycles. The normalized spacial score (nSPS) is 16.8. The van der Waals surface area contributed by atoms with Crippen LogP contribution < -0.4 is 5.32 Å². The molecule has 1 heterocycles. The number of nitrogens with one attached hydrogen (secondary N) is 1. The van der Waals surface area contributed by atoms with Crippen molar-refractivity contribution >= 4 is 6.09 Å². The molecule has 0 atom stereocenters. The summed E-state index contributed by atoms with van der Waals surface area (Å²) < 4.78 is 5.77. The molecule has 1 N–H and O–H groups in total. The number of hydrogen-bond donors (Lipinski definition) is 1. The zero-order valence-electron chi connectivity index (χ0n) is 16.6. The largest absolute Gasteiger partial charge is 0.444 e. The number of hydrogen-bond acceptors (Lipinski definition) is 3. The molecule has 0 aliphatic carbocycles. The summed E-state index contributed by atoms with van der Waals surface area (Å²) in [5, 5.41) is 3.51. The van der Waals surface area contributed by atoms with Crippen molar-refractivity contribution in [3.63, 3.8) is 0 Å². The molecule has 1 aliphatic heterocycles. The van der Waals surface area contributed by atoms with Crippen LogP contribution >= 0.6 is 0 Å². The topological polar surface area (TPSA) is 41.6 Å². The van der Waals surface area contributed by atoms with Gasteiger partial charge in [-0.2, -0.15) is 0 Å². The van der Waals surface area contributed by atoms with Crippen LogP contribution in [-0.4, -0.2) is 41.8 Å². The number of nitrogens with zero attached hydrogens (tertiary/aromatic N) is 1. The molecule has 3 rings (SSSR count). The van der Waals surface area contributed by atoms with Crippen molar-refractivity contribution in [3.05, 3.63) is 71.8 Å². The standard InChI is InChI=1S/C23H30N2O2/c1-22(2,3)27-21(26)25-15-14-24-18-23(25,16-19-10-6-4-7-11-19)17-20-12-8-5-9-13-20/h4-13,24H,14-18H2,1-3H3. The minimum absolute atomic E-state index is 0.226. The second kappa shape index (κ2) is 8.13. The predicted molar refractivity (Wildman–Crippen MR) is 109 cm³/mol. The zero-order valence-corrected chi connectivity index (χ0v) is 16.6. The number of carbonyl (C=O) groups is 1. The van der Waals surface area contributed by atoms with Crippen molar-refractivity contribution in [2.24, 2.45) is 0 Å². The average Bonchev–Trinajstić information content (AvgIpc) is 2.62. The second-order valence-corrected chi connectivity index (χ2v) is 8.36. The number of benzene rings is 2. The van der Waals surface area contributed by atoms with E-state index in [1.54, 1.807) is 0 Å². The molecule has 4 heteroatoms. The van der Waals surface area contributed by atoms with Crippen LogP contribution in [0, 0.1) is 0 Å². The van der Waals surface area contributed by atoms with Gasteiger partial charge in [-0.15, -0.1) is 0 Å². The van der Waals surface area contributed by atoms with Crippen LogP contribution in [-0.2, 0) is 17.6 Å². The molecule has 2 aromatic rings. The maximum absolute atomic E-state index is 13.1. The Labute approximate surface area is 162 Å². The summed E-state index contributed by atoms with van der Waals surface area (Å²) in [5.74, 6) is 0. The second-order valence-electron chi connectivity index (χ2n) is 8.36. The van der Waals surface area contributed by atoms with Gasteiger partial charge in [0.15, 0.2) is 0 Å². The number of amides is 1.